The second kappa shape index (κ2) is 7.61. The first-order valence-corrected chi connectivity index (χ1v) is 8.86. The lowest BCUT2D eigenvalue weighted by Gasteiger charge is -2.30. The van der Waals surface area contributed by atoms with Crippen molar-refractivity contribution in [1.29, 1.82) is 0 Å². The summed E-state index contributed by atoms with van der Waals surface area (Å²) >= 11 is 1.73. The minimum absolute atomic E-state index is 0.0257. The van der Waals surface area contributed by atoms with Crippen LogP contribution in [0.25, 0.3) is 0 Å². The highest BCUT2D eigenvalue weighted by atomic mass is 32.1. The highest BCUT2D eigenvalue weighted by molar-refractivity contribution is 7.09. The average molecular weight is 331 g/mol. The molecule has 0 spiro atoms. The van der Waals surface area contributed by atoms with Crippen LogP contribution < -0.4 is 5.32 Å². The number of rotatable bonds is 5. The lowest BCUT2D eigenvalue weighted by atomic mass is 9.96. The Bertz CT molecular complexity index is 637. The van der Waals surface area contributed by atoms with Gasteiger partial charge in [0, 0.05) is 30.2 Å². The molecule has 1 N–H and O–H groups in total. The molecule has 3 rings (SSSR count). The summed E-state index contributed by atoms with van der Waals surface area (Å²) in [5.41, 5.74) is 1.15. The number of nitrogens with zero attached hydrogens (tertiary/aromatic N) is 4. The molecule has 122 valence electrons. The molecule has 1 fully saturated rings. The molecule has 3 heterocycles. The van der Waals surface area contributed by atoms with E-state index in [2.05, 4.69) is 37.5 Å². The molecule has 1 aliphatic heterocycles. The van der Waals surface area contributed by atoms with E-state index < -0.39 is 0 Å². The minimum Gasteiger partial charge on any atom is -0.297 e. The van der Waals surface area contributed by atoms with Crippen molar-refractivity contribution in [3.8, 4) is 0 Å². The van der Waals surface area contributed by atoms with Gasteiger partial charge in [-0.05, 0) is 38.4 Å². The number of carbonyl (C=O) groups is 1. The fraction of sp³-hybridized carbons (Fsp3) is 0.500. The summed E-state index contributed by atoms with van der Waals surface area (Å²) in [6.07, 6.45) is 5.98. The maximum absolute atomic E-state index is 12.3. The van der Waals surface area contributed by atoms with Crippen molar-refractivity contribution in [2.24, 2.45) is 5.92 Å². The van der Waals surface area contributed by atoms with Crippen LogP contribution >= 0.6 is 11.3 Å². The van der Waals surface area contributed by atoms with Gasteiger partial charge in [-0.15, -0.1) is 11.3 Å². The molecule has 0 aromatic carbocycles. The SMILES string of the molecule is CCc1nc(CN2CCC(C(=O)Nc3ncccn3)CC2)cs1. The van der Waals surface area contributed by atoms with Gasteiger partial charge in [-0.1, -0.05) is 6.92 Å². The molecule has 1 aliphatic rings. The number of piperidine rings is 1. The zero-order valence-electron chi connectivity index (χ0n) is 13.2. The molecule has 0 aliphatic carbocycles. The van der Waals surface area contributed by atoms with Gasteiger partial charge in [-0.2, -0.15) is 0 Å². The summed E-state index contributed by atoms with van der Waals surface area (Å²) < 4.78 is 0. The highest BCUT2D eigenvalue weighted by Gasteiger charge is 2.25. The second-order valence-electron chi connectivity index (χ2n) is 5.70. The third-order valence-corrected chi connectivity index (χ3v) is 5.09. The fourth-order valence-electron chi connectivity index (χ4n) is 2.74. The van der Waals surface area contributed by atoms with Crippen LogP contribution in [-0.2, 0) is 17.8 Å². The molecule has 0 radical (unpaired) electrons. The molecule has 7 heteroatoms. The Labute approximate surface area is 140 Å². The average Bonchev–Trinajstić information content (AvgIpc) is 3.04. The first-order chi connectivity index (χ1) is 11.2. The zero-order chi connectivity index (χ0) is 16.1. The molecule has 6 nitrogen and oxygen atoms in total. The van der Waals surface area contributed by atoms with Gasteiger partial charge in [0.25, 0.3) is 0 Å². The smallest absolute Gasteiger partial charge is 0.229 e. The summed E-state index contributed by atoms with van der Waals surface area (Å²) in [7, 11) is 0. The normalized spacial score (nSPS) is 16.4. The lowest BCUT2D eigenvalue weighted by Crippen LogP contribution is -2.38. The summed E-state index contributed by atoms with van der Waals surface area (Å²) in [4.78, 5) is 27.3. The number of aromatic nitrogens is 3. The summed E-state index contributed by atoms with van der Waals surface area (Å²) in [5, 5.41) is 6.13. The van der Waals surface area contributed by atoms with E-state index in [0.29, 0.717) is 5.95 Å². The van der Waals surface area contributed by atoms with Gasteiger partial charge < -0.3 is 0 Å². The highest BCUT2D eigenvalue weighted by Crippen LogP contribution is 2.21. The first-order valence-electron chi connectivity index (χ1n) is 7.98. The van der Waals surface area contributed by atoms with Gasteiger partial charge >= 0.3 is 0 Å². The number of nitrogens with one attached hydrogen (secondary N) is 1. The first kappa shape index (κ1) is 16.0. The molecular weight excluding hydrogens is 310 g/mol. The molecule has 0 atom stereocenters. The van der Waals surface area contributed by atoms with Crippen LogP contribution in [0.15, 0.2) is 23.8 Å². The maximum Gasteiger partial charge on any atom is 0.229 e. The number of hydrogen-bond acceptors (Lipinski definition) is 6. The molecule has 1 amide bonds. The van der Waals surface area contributed by atoms with E-state index in [4.69, 9.17) is 0 Å². The Balaban J connectivity index is 1.47. The van der Waals surface area contributed by atoms with E-state index in [0.717, 1.165) is 44.6 Å². The Kier molecular flexibility index (Phi) is 5.30. The molecular formula is C16H21N5OS. The number of aryl methyl sites for hydroxylation is 1. The number of likely N-dealkylation sites (tertiary alicyclic amines) is 1. The van der Waals surface area contributed by atoms with Gasteiger partial charge in [-0.3, -0.25) is 15.0 Å². The van der Waals surface area contributed by atoms with Crippen molar-refractivity contribution in [2.75, 3.05) is 18.4 Å². The van der Waals surface area contributed by atoms with Crippen LogP contribution in [0, 0.1) is 5.92 Å². The van der Waals surface area contributed by atoms with E-state index in [9.17, 15) is 4.79 Å². The largest absolute Gasteiger partial charge is 0.297 e. The molecule has 2 aromatic rings. The molecule has 23 heavy (non-hydrogen) atoms. The Morgan fingerprint density at radius 3 is 2.74 bits per heavy atom. The predicted octanol–water partition coefficient (Wildman–Crippen LogP) is 2.35. The van der Waals surface area contributed by atoms with Crippen molar-refractivity contribution in [1.82, 2.24) is 19.9 Å². The zero-order valence-corrected chi connectivity index (χ0v) is 14.1. The summed E-state index contributed by atoms with van der Waals surface area (Å²) in [5.74, 6) is 0.448. The number of amides is 1. The summed E-state index contributed by atoms with van der Waals surface area (Å²) in [6.45, 7) is 4.86. The minimum atomic E-state index is 0.0257. The van der Waals surface area contributed by atoms with Crippen LogP contribution in [0.3, 0.4) is 0 Å². The second-order valence-corrected chi connectivity index (χ2v) is 6.64. The van der Waals surface area contributed by atoms with Crippen molar-refractivity contribution in [2.45, 2.75) is 32.7 Å². The molecule has 0 saturated carbocycles. The van der Waals surface area contributed by atoms with Crippen LogP contribution in [-0.4, -0.2) is 38.8 Å². The molecule has 0 bridgehead atoms. The quantitative estimate of drug-likeness (QED) is 0.910. The maximum atomic E-state index is 12.3. The molecule has 0 unspecified atom stereocenters. The third kappa shape index (κ3) is 4.33. The van der Waals surface area contributed by atoms with E-state index >= 15 is 0 Å². The monoisotopic (exact) mass is 331 g/mol. The molecule has 2 aromatic heterocycles. The number of thiazole rings is 1. The Hall–Kier alpha value is -1.86. The van der Waals surface area contributed by atoms with Crippen molar-refractivity contribution in [3.63, 3.8) is 0 Å². The van der Waals surface area contributed by atoms with E-state index in [1.807, 2.05) is 0 Å². The van der Waals surface area contributed by atoms with Crippen molar-refractivity contribution < 1.29 is 4.79 Å². The van der Waals surface area contributed by atoms with Gasteiger partial charge in [-0.25, -0.2) is 15.0 Å². The van der Waals surface area contributed by atoms with Crippen LogP contribution in [0.1, 0.15) is 30.5 Å². The third-order valence-electron chi connectivity index (χ3n) is 4.05. The molecule has 1 saturated heterocycles. The van der Waals surface area contributed by atoms with Gasteiger partial charge in [0.1, 0.15) is 0 Å². The van der Waals surface area contributed by atoms with E-state index in [1.54, 1.807) is 29.8 Å². The van der Waals surface area contributed by atoms with Gasteiger partial charge in [0.05, 0.1) is 10.7 Å². The van der Waals surface area contributed by atoms with Crippen molar-refractivity contribution in [3.05, 3.63) is 34.5 Å². The Morgan fingerprint density at radius 1 is 1.35 bits per heavy atom. The predicted molar refractivity (Wildman–Crippen MR) is 90.2 cm³/mol. The van der Waals surface area contributed by atoms with Crippen LogP contribution in [0.5, 0.6) is 0 Å². The van der Waals surface area contributed by atoms with E-state index in [1.165, 1.54) is 5.01 Å². The van der Waals surface area contributed by atoms with Crippen molar-refractivity contribution >= 4 is 23.2 Å². The van der Waals surface area contributed by atoms with Gasteiger partial charge in [0.2, 0.25) is 11.9 Å². The van der Waals surface area contributed by atoms with Gasteiger partial charge in [0.15, 0.2) is 0 Å². The number of hydrogen-bond donors (Lipinski definition) is 1. The fourth-order valence-corrected chi connectivity index (χ4v) is 3.48. The lowest BCUT2D eigenvalue weighted by molar-refractivity contribution is -0.121. The standard InChI is InChI=1S/C16H21N5OS/c1-2-14-19-13(11-23-14)10-21-8-4-12(5-9-21)15(22)20-16-17-6-3-7-18-16/h3,6-7,11-12H,2,4-5,8-10H2,1H3,(H,17,18,20,22). The van der Waals surface area contributed by atoms with Crippen LogP contribution in [0.4, 0.5) is 5.95 Å². The van der Waals surface area contributed by atoms with E-state index in [-0.39, 0.29) is 11.8 Å². The number of carbonyl (C=O) groups excluding carboxylic acids is 1. The Morgan fingerprint density at radius 2 is 2.09 bits per heavy atom. The van der Waals surface area contributed by atoms with Crippen LogP contribution in [0.2, 0.25) is 0 Å². The summed E-state index contributed by atoms with van der Waals surface area (Å²) in [6, 6.07) is 1.73. The number of anilines is 1. The topological polar surface area (TPSA) is 71.0 Å².